The van der Waals surface area contributed by atoms with Crippen LogP contribution in [0.5, 0.6) is 0 Å². The number of benzene rings is 1. The van der Waals surface area contributed by atoms with Gasteiger partial charge in [-0.3, -0.25) is 4.79 Å². The van der Waals surface area contributed by atoms with E-state index in [2.05, 4.69) is 0 Å². The van der Waals surface area contributed by atoms with Crippen LogP contribution in [0.4, 0.5) is 4.79 Å². The molecule has 2 saturated heterocycles. The molecule has 0 saturated carbocycles. The number of hydrogen-bond donors (Lipinski definition) is 0. The van der Waals surface area contributed by atoms with Crippen molar-refractivity contribution in [1.82, 2.24) is 9.80 Å². The largest absolute Gasteiger partial charge is 0.494 e. The van der Waals surface area contributed by atoms with E-state index >= 15 is 0 Å². The van der Waals surface area contributed by atoms with E-state index in [1.165, 1.54) is 0 Å². The van der Waals surface area contributed by atoms with Crippen molar-refractivity contribution < 1.29 is 23.6 Å². The monoisotopic (exact) mass is 464 g/mol. The van der Waals surface area contributed by atoms with Crippen molar-refractivity contribution in [3.8, 4) is 0 Å². The third-order valence-corrected chi connectivity index (χ3v) is 6.74. The molecule has 2 aliphatic heterocycles. The Kier molecular flexibility index (Phi) is 6.64. The molecule has 2 aliphatic rings. The number of likely N-dealkylation sites (tertiary alicyclic amines) is 1. The zero-order chi connectivity index (χ0) is 24.1. The molecule has 2 amide bonds. The van der Waals surface area contributed by atoms with E-state index in [4.69, 9.17) is 25.6 Å². The Balaban J connectivity index is 1.67. The number of carbonyl (C=O) groups is 2. The summed E-state index contributed by atoms with van der Waals surface area (Å²) >= 11 is 6.50. The van der Waals surface area contributed by atoms with Gasteiger partial charge in [0.2, 0.25) is 0 Å². The third-order valence-electron chi connectivity index (χ3n) is 6.43. The van der Waals surface area contributed by atoms with Crippen LogP contribution in [-0.2, 0) is 14.0 Å². The molecular weight excluding hydrogens is 431 g/mol. The molecule has 7 nitrogen and oxygen atoms in total. The van der Waals surface area contributed by atoms with E-state index < -0.39 is 23.9 Å². The van der Waals surface area contributed by atoms with Gasteiger partial charge in [0.25, 0.3) is 5.91 Å². The minimum absolute atomic E-state index is 0.103. The molecule has 0 aromatic heterocycles. The summed E-state index contributed by atoms with van der Waals surface area (Å²) in [5.74, 6) is -0.188. The van der Waals surface area contributed by atoms with Gasteiger partial charge in [-0.1, -0.05) is 17.7 Å². The average Bonchev–Trinajstić information content (AvgIpc) is 3.22. The highest BCUT2D eigenvalue weighted by Gasteiger charge is 2.51. The van der Waals surface area contributed by atoms with Crippen LogP contribution < -0.4 is 5.46 Å². The Morgan fingerprint density at radius 2 is 1.78 bits per heavy atom. The second-order valence-electron chi connectivity index (χ2n) is 10.6. The van der Waals surface area contributed by atoms with Crippen LogP contribution in [0.1, 0.15) is 65.2 Å². The van der Waals surface area contributed by atoms with Crippen molar-refractivity contribution in [1.29, 1.82) is 0 Å². The lowest BCUT2D eigenvalue weighted by Gasteiger charge is -2.32. The van der Waals surface area contributed by atoms with Gasteiger partial charge < -0.3 is 23.8 Å². The van der Waals surface area contributed by atoms with E-state index in [9.17, 15) is 9.59 Å². The molecule has 0 radical (unpaired) electrons. The normalized spacial score (nSPS) is 22.2. The molecule has 0 bridgehead atoms. The lowest BCUT2D eigenvalue weighted by molar-refractivity contribution is 0.00578. The van der Waals surface area contributed by atoms with Gasteiger partial charge in [0.15, 0.2) is 0 Å². The fourth-order valence-electron chi connectivity index (χ4n) is 3.74. The van der Waals surface area contributed by atoms with Crippen molar-refractivity contribution in [2.24, 2.45) is 0 Å². The molecule has 3 rings (SSSR count). The van der Waals surface area contributed by atoms with Gasteiger partial charge in [0.1, 0.15) is 5.60 Å². The molecule has 1 atom stereocenters. The van der Waals surface area contributed by atoms with E-state index in [1.54, 1.807) is 29.0 Å². The summed E-state index contributed by atoms with van der Waals surface area (Å²) < 4.78 is 17.6. The molecule has 176 valence electrons. The zero-order valence-corrected chi connectivity index (χ0v) is 21.1. The molecule has 0 spiro atoms. The number of amides is 2. The first-order valence-electron chi connectivity index (χ1n) is 11.0. The fraction of sp³-hybridized carbons (Fsp3) is 0.652. The van der Waals surface area contributed by atoms with Crippen molar-refractivity contribution in [2.45, 2.75) is 77.7 Å². The van der Waals surface area contributed by atoms with E-state index in [0.717, 1.165) is 5.46 Å². The van der Waals surface area contributed by atoms with Gasteiger partial charge in [0, 0.05) is 20.1 Å². The van der Waals surface area contributed by atoms with Crippen LogP contribution in [0.2, 0.25) is 5.02 Å². The second kappa shape index (κ2) is 8.54. The maximum absolute atomic E-state index is 13.1. The Hall–Kier alpha value is -1.77. The number of nitrogens with zero attached hydrogens (tertiary/aromatic N) is 2. The van der Waals surface area contributed by atoms with Gasteiger partial charge in [-0.05, 0) is 72.5 Å². The molecule has 2 fully saturated rings. The summed E-state index contributed by atoms with van der Waals surface area (Å²) in [5, 5.41) is 0.344. The van der Waals surface area contributed by atoms with Gasteiger partial charge in [-0.15, -0.1) is 0 Å². The summed E-state index contributed by atoms with van der Waals surface area (Å²) in [7, 11) is 1.20. The summed E-state index contributed by atoms with van der Waals surface area (Å²) in [5.41, 5.74) is -0.290. The molecule has 1 aromatic carbocycles. The molecule has 0 aliphatic carbocycles. The maximum Gasteiger partial charge on any atom is 0.494 e. The molecular formula is C23H34BClN2O5. The SMILES string of the molecule is CN(C(=O)c1ccc(B2OC(C)(C)C(C)(C)O2)cc1Cl)[C@@H]1CCN(C(=O)OC(C)(C)C)C1. The summed E-state index contributed by atoms with van der Waals surface area (Å²) in [6, 6.07) is 5.15. The number of rotatable bonds is 3. The zero-order valence-electron chi connectivity index (χ0n) is 20.3. The minimum Gasteiger partial charge on any atom is -0.444 e. The highest BCUT2D eigenvalue weighted by atomic mass is 35.5. The minimum atomic E-state index is -0.552. The summed E-state index contributed by atoms with van der Waals surface area (Å²) in [6.07, 6.45) is 0.330. The van der Waals surface area contributed by atoms with E-state index in [1.807, 2.05) is 54.5 Å². The number of carbonyl (C=O) groups excluding carboxylic acids is 2. The van der Waals surface area contributed by atoms with Gasteiger partial charge >= 0.3 is 13.2 Å². The Labute approximate surface area is 196 Å². The topological polar surface area (TPSA) is 68.3 Å². The Morgan fingerprint density at radius 3 is 2.31 bits per heavy atom. The van der Waals surface area contributed by atoms with E-state index in [-0.39, 0.29) is 18.0 Å². The van der Waals surface area contributed by atoms with Crippen molar-refractivity contribution >= 4 is 36.2 Å². The van der Waals surface area contributed by atoms with Crippen LogP contribution in [0.15, 0.2) is 18.2 Å². The lowest BCUT2D eigenvalue weighted by atomic mass is 9.79. The van der Waals surface area contributed by atoms with Crippen molar-refractivity contribution in [3.63, 3.8) is 0 Å². The highest BCUT2D eigenvalue weighted by molar-refractivity contribution is 6.62. The standard InChI is InChI=1S/C23H34BClN2O5/c1-21(2,3)30-20(29)27-12-11-16(14-27)26(8)19(28)17-10-9-15(13-18(17)25)24-31-22(4,5)23(6,7)32-24/h9-10,13,16H,11-12,14H2,1-8H3/t16-/m1/s1. The van der Waals surface area contributed by atoms with Crippen molar-refractivity contribution in [2.75, 3.05) is 20.1 Å². The Bertz CT molecular complexity index is 883. The fourth-order valence-corrected chi connectivity index (χ4v) is 4.01. The first kappa shape index (κ1) is 24.9. The molecule has 0 N–H and O–H groups in total. The van der Waals surface area contributed by atoms with Crippen LogP contribution in [0, 0.1) is 0 Å². The first-order valence-corrected chi connectivity index (χ1v) is 11.4. The highest BCUT2D eigenvalue weighted by Crippen LogP contribution is 2.36. The number of likely N-dealkylation sites (N-methyl/N-ethyl adjacent to an activating group) is 1. The first-order chi connectivity index (χ1) is 14.6. The molecule has 0 unspecified atom stereocenters. The van der Waals surface area contributed by atoms with Crippen LogP contribution >= 0.6 is 11.6 Å². The van der Waals surface area contributed by atoms with E-state index in [0.29, 0.717) is 30.1 Å². The average molecular weight is 465 g/mol. The molecule has 1 aromatic rings. The summed E-state index contributed by atoms with van der Waals surface area (Å²) in [4.78, 5) is 28.8. The molecule has 2 heterocycles. The van der Waals surface area contributed by atoms with Crippen molar-refractivity contribution in [3.05, 3.63) is 28.8 Å². The molecule has 9 heteroatoms. The number of ether oxygens (including phenoxy) is 1. The van der Waals surface area contributed by atoms with Gasteiger partial charge in [-0.2, -0.15) is 0 Å². The predicted octanol–water partition coefficient (Wildman–Crippen LogP) is 3.72. The summed E-state index contributed by atoms with van der Waals surface area (Å²) in [6.45, 7) is 14.4. The Morgan fingerprint density at radius 1 is 1.19 bits per heavy atom. The smallest absolute Gasteiger partial charge is 0.444 e. The molecule has 32 heavy (non-hydrogen) atoms. The van der Waals surface area contributed by atoms with Crippen LogP contribution in [0.3, 0.4) is 0 Å². The predicted molar refractivity (Wildman–Crippen MR) is 125 cm³/mol. The quantitative estimate of drug-likeness (QED) is 0.638. The van der Waals surface area contributed by atoms with Gasteiger partial charge in [0.05, 0.1) is 27.8 Å². The maximum atomic E-state index is 13.1. The number of hydrogen-bond acceptors (Lipinski definition) is 5. The van der Waals surface area contributed by atoms with Gasteiger partial charge in [-0.25, -0.2) is 4.79 Å². The third kappa shape index (κ3) is 5.08. The number of halogens is 1. The lowest BCUT2D eigenvalue weighted by Crippen LogP contribution is -2.41. The van der Waals surface area contributed by atoms with Crippen LogP contribution in [-0.4, -0.2) is 71.9 Å². The second-order valence-corrected chi connectivity index (χ2v) is 11.0. The van der Waals surface area contributed by atoms with Crippen LogP contribution in [0.25, 0.3) is 0 Å².